The highest BCUT2D eigenvalue weighted by molar-refractivity contribution is 5.75. The first kappa shape index (κ1) is 11.7. The zero-order chi connectivity index (χ0) is 12.1. The van der Waals surface area contributed by atoms with Crippen molar-refractivity contribution in [1.29, 1.82) is 0 Å². The van der Waals surface area contributed by atoms with Crippen molar-refractivity contribution in [2.24, 2.45) is 16.5 Å². The van der Waals surface area contributed by atoms with Gasteiger partial charge in [-0.1, -0.05) is 18.2 Å². The average molecular weight is 234 g/mol. The highest BCUT2D eigenvalue weighted by Gasteiger charge is 2.13. The number of rotatable bonds is 3. The molecule has 92 valence electrons. The van der Waals surface area contributed by atoms with Crippen molar-refractivity contribution in [2.75, 3.05) is 31.2 Å². The fraction of sp³-hybridized carbons (Fsp3) is 0.417. The predicted octanol–water partition coefficient (Wildman–Crippen LogP) is 0.297. The molecule has 1 fully saturated rings. The summed E-state index contributed by atoms with van der Waals surface area (Å²) in [6.07, 6.45) is 0. The van der Waals surface area contributed by atoms with Gasteiger partial charge in [-0.2, -0.15) is 0 Å². The number of aliphatic imine (C=N–C) groups is 1. The van der Waals surface area contributed by atoms with Gasteiger partial charge in [0, 0.05) is 18.8 Å². The summed E-state index contributed by atoms with van der Waals surface area (Å²) in [5.41, 5.74) is 13.1. The summed E-state index contributed by atoms with van der Waals surface area (Å²) in [7, 11) is 0. The van der Waals surface area contributed by atoms with Crippen molar-refractivity contribution in [2.45, 2.75) is 6.54 Å². The van der Waals surface area contributed by atoms with Gasteiger partial charge in [0.1, 0.15) is 0 Å². The van der Waals surface area contributed by atoms with Crippen LogP contribution in [0.25, 0.3) is 0 Å². The SMILES string of the molecule is NC(N)=NCc1ccccc1N1CCOCC1. The normalized spacial score (nSPS) is 15.6. The van der Waals surface area contributed by atoms with Crippen LogP contribution in [0, 0.1) is 0 Å². The van der Waals surface area contributed by atoms with Gasteiger partial charge in [0.25, 0.3) is 0 Å². The van der Waals surface area contributed by atoms with Crippen molar-refractivity contribution in [3.05, 3.63) is 29.8 Å². The molecule has 5 heteroatoms. The molecule has 1 aromatic carbocycles. The van der Waals surface area contributed by atoms with Crippen LogP contribution >= 0.6 is 0 Å². The first-order chi connectivity index (χ1) is 8.27. The molecule has 0 radical (unpaired) electrons. The summed E-state index contributed by atoms with van der Waals surface area (Å²) in [6.45, 7) is 3.90. The van der Waals surface area contributed by atoms with E-state index in [0.29, 0.717) is 6.54 Å². The summed E-state index contributed by atoms with van der Waals surface area (Å²) in [4.78, 5) is 6.37. The van der Waals surface area contributed by atoms with Gasteiger partial charge >= 0.3 is 0 Å². The Morgan fingerprint density at radius 2 is 1.94 bits per heavy atom. The van der Waals surface area contributed by atoms with Crippen LogP contribution in [0.15, 0.2) is 29.3 Å². The van der Waals surface area contributed by atoms with Gasteiger partial charge in [-0.05, 0) is 11.6 Å². The Morgan fingerprint density at radius 1 is 1.24 bits per heavy atom. The molecule has 0 atom stereocenters. The van der Waals surface area contributed by atoms with Gasteiger partial charge in [-0.15, -0.1) is 0 Å². The number of anilines is 1. The molecule has 1 aliphatic rings. The molecule has 1 heterocycles. The highest BCUT2D eigenvalue weighted by Crippen LogP contribution is 2.22. The maximum atomic E-state index is 5.36. The molecular formula is C12H18N4O. The van der Waals surface area contributed by atoms with E-state index in [1.54, 1.807) is 0 Å². The van der Waals surface area contributed by atoms with Crippen LogP contribution in [0.2, 0.25) is 0 Å². The molecule has 1 aliphatic heterocycles. The Labute approximate surface area is 101 Å². The van der Waals surface area contributed by atoms with Gasteiger partial charge in [0.2, 0.25) is 0 Å². The third-order valence-electron chi connectivity index (χ3n) is 2.78. The first-order valence-corrected chi connectivity index (χ1v) is 5.73. The number of para-hydroxylation sites is 1. The average Bonchev–Trinajstić information content (AvgIpc) is 2.38. The van der Waals surface area contributed by atoms with E-state index >= 15 is 0 Å². The second-order valence-corrected chi connectivity index (χ2v) is 3.97. The molecule has 0 amide bonds. The van der Waals surface area contributed by atoms with E-state index in [-0.39, 0.29) is 5.96 Å². The molecule has 5 nitrogen and oxygen atoms in total. The molecule has 0 bridgehead atoms. The van der Waals surface area contributed by atoms with Crippen molar-refractivity contribution >= 4 is 11.6 Å². The second kappa shape index (κ2) is 5.54. The molecule has 0 aliphatic carbocycles. The third kappa shape index (κ3) is 3.10. The Hall–Kier alpha value is -1.75. The van der Waals surface area contributed by atoms with Gasteiger partial charge in [0.15, 0.2) is 5.96 Å². The lowest BCUT2D eigenvalue weighted by Crippen LogP contribution is -2.36. The molecular weight excluding hydrogens is 216 g/mol. The summed E-state index contributed by atoms with van der Waals surface area (Å²) in [6, 6.07) is 8.19. The van der Waals surface area contributed by atoms with Crippen LogP contribution in [0.5, 0.6) is 0 Å². The van der Waals surface area contributed by atoms with E-state index in [1.165, 1.54) is 5.69 Å². The van der Waals surface area contributed by atoms with Crippen LogP contribution in [0.4, 0.5) is 5.69 Å². The Bertz CT molecular complexity index is 395. The fourth-order valence-electron chi connectivity index (χ4n) is 1.93. The Balaban J connectivity index is 2.17. The van der Waals surface area contributed by atoms with Gasteiger partial charge in [0.05, 0.1) is 19.8 Å². The smallest absolute Gasteiger partial charge is 0.186 e. The van der Waals surface area contributed by atoms with Crippen LogP contribution in [-0.2, 0) is 11.3 Å². The number of hydrogen-bond acceptors (Lipinski definition) is 3. The maximum Gasteiger partial charge on any atom is 0.186 e. The number of ether oxygens (including phenoxy) is 1. The topological polar surface area (TPSA) is 76.9 Å². The van der Waals surface area contributed by atoms with E-state index in [1.807, 2.05) is 12.1 Å². The Morgan fingerprint density at radius 3 is 2.65 bits per heavy atom. The molecule has 0 spiro atoms. The van der Waals surface area contributed by atoms with Gasteiger partial charge < -0.3 is 21.1 Å². The summed E-state index contributed by atoms with van der Waals surface area (Å²) in [5.74, 6) is 0.127. The van der Waals surface area contributed by atoms with Crippen molar-refractivity contribution in [3.8, 4) is 0 Å². The number of nitrogens with zero attached hydrogens (tertiary/aromatic N) is 2. The van der Waals surface area contributed by atoms with Crippen LogP contribution in [0.3, 0.4) is 0 Å². The number of morpholine rings is 1. The fourth-order valence-corrected chi connectivity index (χ4v) is 1.93. The molecule has 0 saturated carbocycles. The number of benzene rings is 1. The van der Waals surface area contributed by atoms with Gasteiger partial charge in [-0.3, -0.25) is 0 Å². The summed E-state index contributed by atoms with van der Waals surface area (Å²) >= 11 is 0. The minimum atomic E-state index is 0.127. The largest absolute Gasteiger partial charge is 0.378 e. The molecule has 0 unspecified atom stereocenters. The quantitative estimate of drug-likeness (QED) is 0.582. The minimum absolute atomic E-state index is 0.127. The molecule has 0 aromatic heterocycles. The molecule has 4 N–H and O–H groups in total. The number of guanidine groups is 1. The zero-order valence-electron chi connectivity index (χ0n) is 9.80. The molecule has 17 heavy (non-hydrogen) atoms. The van der Waals surface area contributed by atoms with E-state index in [4.69, 9.17) is 16.2 Å². The Kier molecular flexibility index (Phi) is 3.82. The lowest BCUT2D eigenvalue weighted by atomic mass is 10.1. The van der Waals surface area contributed by atoms with E-state index in [2.05, 4.69) is 22.0 Å². The zero-order valence-corrected chi connectivity index (χ0v) is 9.80. The lowest BCUT2D eigenvalue weighted by molar-refractivity contribution is 0.122. The summed E-state index contributed by atoms with van der Waals surface area (Å²) < 4.78 is 5.35. The van der Waals surface area contributed by atoms with E-state index in [9.17, 15) is 0 Å². The molecule has 1 aromatic rings. The van der Waals surface area contributed by atoms with Crippen LogP contribution < -0.4 is 16.4 Å². The molecule has 2 rings (SSSR count). The van der Waals surface area contributed by atoms with Crippen molar-refractivity contribution in [3.63, 3.8) is 0 Å². The minimum Gasteiger partial charge on any atom is -0.378 e. The highest BCUT2D eigenvalue weighted by atomic mass is 16.5. The van der Waals surface area contributed by atoms with Crippen molar-refractivity contribution in [1.82, 2.24) is 0 Å². The first-order valence-electron chi connectivity index (χ1n) is 5.73. The van der Waals surface area contributed by atoms with Crippen LogP contribution in [0.1, 0.15) is 5.56 Å². The number of hydrogen-bond donors (Lipinski definition) is 2. The molecule has 1 saturated heterocycles. The third-order valence-corrected chi connectivity index (χ3v) is 2.78. The summed E-state index contributed by atoms with van der Waals surface area (Å²) in [5, 5.41) is 0. The predicted molar refractivity (Wildman–Crippen MR) is 69.0 cm³/mol. The van der Waals surface area contributed by atoms with Crippen molar-refractivity contribution < 1.29 is 4.74 Å². The monoisotopic (exact) mass is 234 g/mol. The van der Waals surface area contributed by atoms with E-state index < -0.39 is 0 Å². The lowest BCUT2D eigenvalue weighted by Gasteiger charge is -2.30. The number of nitrogens with two attached hydrogens (primary N) is 2. The second-order valence-electron chi connectivity index (χ2n) is 3.97. The van der Waals surface area contributed by atoms with E-state index in [0.717, 1.165) is 31.9 Å². The van der Waals surface area contributed by atoms with Crippen LogP contribution in [-0.4, -0.2) is 32.3 Å². The van der Waals surface area contributed by atoms with Gasteiger partial charge in [-0.25, -0.2) is 4.99 Å². The maximum absolute atomic E-state index is 5.36. The standard InChI is InChI=1S/C12H18N4O/c13-12(14)15-9-10-3-1-2-4-11(10)16-5-7-17-8-6-16/h1-4H,5-9H2,(H4,13,14,15).